The van der Waals surface area contributed by atoms with E-state index in [2.05, 4.69) is 30.6 Å². The summed E-state index contributed by atoms with van der Waals surface area (Å²) >= 11 is 0. The molecule has 2 fully saturated rings. The van der Waals surface area contributed by atoms with Crippen molar-refractivity contribution in [1.29, 1.82) is 0 Å². The molecule has 17 heavy (non-hydrogen) atoms. The molecule has 0 radical (unpaired) electrons. The summed E-state index contributed by atoms with van der Waals surface area (Å²) < 4.78 is 0. The van der Waals surface area contributed by atoms with Crippen molar-refractivity contribution in [3.05, 3.63) is 0 Å². The Morgan fingerprint density at radius 3 is 2.29 bits per heavy atom. The molecule has 0 bridgehead atoms. The van der Waals surface area contributed by atoms with E-state index in [1.807, 2.05) is 0 Å². The molecule has 1 aliphatic heterocycles. The first-order valence-corrected chi connectivity index (χ1v) is 7.29. The van der Waals surface area contributed by atoms with Crippen molar-refractivity contribution in [1.82, 2.24) is 9.80 Å². The summed E-state index contributed by atoms with van der Waals surface area (Å²) in [7, 11) is 0. The Kier molecular flexibility index (Phi) is 4.11. The SMILES string of the molecule is CC(C)N1CCN(C2(CN)CCCC2C)CC1. The third kappa shape index (κ3) is 2.38. The van der Waals surface area contributed by atoms with Crippen LogP contribution < -0.4 is 5.73 Å². The molecule has 0 aromatic rings. The summed E-state index contributed by atoms with van der Waals surface area (Å²) in [5.74, 6) is 0.776. The molecule has 3 nitrogen and oxygen atoms in total. The second-order valence-corrected chi connectivity index (χ2v) is 6.22. The van der Waals surface area contributed by atoms with Gasteiger partial charge < -0.3 is 5.73 Å². The Morgan fingerprint density at radius 2 is 1.88 bits per heavy atom. The van der Waals surface area contributed by atoms with Gasteiger partial charge in [0.2, 0.25) is 0 Å². The molecular weight excluding hydrogens is 210 g/mol. The highest BCUT2D eigenvalue weighted by Gasteiger charge is 2.44. The molecule has 1 saturated carbocycles. The summed E-state index contributed by atoms with van der Waals surface area (Å²) in [5.41, 5.74) is 6.45. The lowest BCUT2D eigenvalue weighted by molar-refractivity contribution is 0.00830. The zero-order chi connectivity index (χ0) is 12.5. The standard InChI is InChI=1S/C14H29N3/c1-12(2)16-7-9-17(10-8-16)14(11-15)6-4-5-13(14)3/h12-13H,4-11,15H2,1-3H3. The van der Waals surface area contributed by atoms with Gasteiger partial charge in [-0.15, -0.1) is 0 Å². The van der Waals surface area contributed by atoms with E-state index in [1.54, 1.807) is 0 Å². The van der Waals surface area contributed by atoms with Gasteiger partial charge in [-0.1, -0.05) is 13.3 Å². The number of piperazine rings is 1. The van der Waals surface area contributed by atoms with Crippen molar-refractivity contribution < 1.29 is 0 Å². The van der Waals surface area contributed by atoms with Crippen LogP contribution in [-0.2, 0) is 0 Å². The smallest absolute Gasteiger partial charge is 0.0358 e. The van der Waals surface area contributed by atoms with Crippen molar-refractivity contribution in [3.8, 4) is 0 Å². The fraction of sp³-hybridized carbons (Fsp3) is 1.00. The van der Waals surface area contributed by atoms with E-state index in [4.69, 9.17) is 5.73 Å². The minimum atomic E-state index is 0.322. The van der Waals surface area contributed by atoms with Crippen molar-refractivity contribution >= 4 is 0 Å². The second kappa shape index (κ2) is 5.25. The fourth-order valence-corrected chi connectivity index (χ4v) is 3.82. The van der Waals surface area contributed by atoms with Gasteiger partial charge in [0.25, 0.3) is 0 Å². The topological polar surface area (TPSA) is 32.5 Å². The van der Waals surface area contributed by atoms with Crippen molar-refractivity contribution in [2.45, 2.75) is 51.6 Å². The zero-order valence-corrected chi connectivity index (χ0v) is 11.8. The van der Waals surface area contributed by atoms with Crippen LogP contribution in [0.5, 0.6) is 0 Å². The average molecular weight is 239 g/mol. The lowest BCUT2D eigenvalue weighted by Gasteiger charge is -2.48. The minimum Gasteiger partial charge on any atom is -0.329 e. The van der Waals surface area contributed by atoms with Crippen LogP contribution >= 0.6 is 0 Å². The monoisotopic (exact) mass is 239 g/mol. The maximum absolute atomic E-state index is 6.13. The van der Waals surface area contributed by atoms with E-state index < -0.39 is 0 Å². The molecule has 0 aromatic carbocycles. The highest BCUT2D eigenvalue weighted by molar-refractivity contribution is 5.01. The predicted octanol–water partition coefficient (Wildman–Crippen LogP) is 1.53. The van der Waals surface area contributed by atoms with E-state index in [0.29, 0.717) is 11.6 Å². The first-order valence-electron chi connectivity index (χ1n) is 7.29. The van der Waals surface area contributed by atoms with Gasteiger partial charge >= 0.3 is 0 Å². The number of hydrogen-bond acceptors (Lipinski definition) is 3. The maximum atomic E-state index is 6.13. The zero-order valence-electron chi connectivity index (χ0n) is 11.8. The van der Waals surface area contributed by atoms with Gasteiger partial charge in [0.05, 0.1) is 0 Å². The largest absolute Gasteiger partial charge is 0.329 e. The summed E-state index contributed by atoms with van der Waals surface area (Å²) in [6, 6.07) is 0.687. The van der Waals surface area contributed by atoms with Gasteiger partial charge in [-0.05, 0) is 32.6 Å². The molecule has 0 spiro atoms. The van der Waals surface area contributed by atoms with Gasteiger partial charge in [-0.25, -0.2) is 0 Å². The molecule has 2 rings (SSSR count). The van der Waals surface area contributed by atoms with Crippen molar-refractivity contribution in [3.63, 3.8) is 0 Å². The quantitative estimate of drug-likeness (QED) is 0.811. The minimum absolute atomic E-state index is 0.322. The van der Waals surface area contributed by atoms with E-state index in [0.717, 1.165) is 12.5 Å². The summed E-state index contributed by atoms with van der Waals surface area (Å²) in [6.07, 6.45) is 4.04. The third-order valence-corrected chi connectivity index (χ3v) is 5.19. The first kappa shape index (κ1) is 13.3. The van der Waals surface area contributed by atoms with E-state index in [1.165, 1.54) is 45.4 Å². The molecule has 1 aliphatic carbocycles. The van der Waals surface area contributed by atoms with Gasteiger partial charge in [0.15, 0.2) is 0 Å². The molecule has 1 heterocycles. The van der Waals surface area contributed by atoms with E-state index >= 15 is 0 Å². The molecule has 100 valence electrons. The summed E-state index contributed by atoms with van der Waals surface area (Å²) in [4.78, 5) is 5.28. The number of hydrogen-bond donors (Lipinski definition) is 1. The lowest BCUT2D eigenvalue weighted by Crippen LogP contribution is -2.62. The Hall–Kier alpha value is -0.120. The third-order valence-electron chi connectivity index (χ3n) is 5.19. The molecule has 2 aliphatic rings. The number of rotatable bonds is 3. The van der Waals surface area contributed by atoms with Crippen LogP contribution in [0.2, 0.25) is 0 Å². The van der Waals surface area contributed by atoms with Crippen molar-refractivity contribution in [2.24, 2.45) is 11.7 Å². The molecule has 2 atom stereocenters. The van der Waals surface area contributed by atoms with E-state index in [-0.39, 0.29) is 0 Å². The van der Waals surface area contributed by atoms with Gasteiger partial charge in [-0.3, -0.25) is 9.80 Å². The Labute approximate surface area is 106 Å². The van der Waals surface area contributed by atoms with E-state index in [9.17, 15) is 0 Å². The van der Waals surface area contributed by atoms with Gasteiger partial charge in [0.1, 0.15) is 0 Å². The summed E-state index contributed by atoms with van der Waals surface area (Å²) in [5, 5.41) is 0. The van der Waals surface area contributed by atoms with Crippen LogP contribution in [0, 0.1) is 5.92 Å². The Balaban J connectivity index is 1.99. The molecule has 3 heteroatoms. The molecule has 0 amide bonds. The van der Waals surface area contributed by atoms with Crippen LogP contribution in [0.15, 0.2) is 0 Å². The second-order valence-electron chi connectivity index (χ2n) is 6.22. The highest BCUT2D eigenvalue weighted by Crippen LogP contribution is 2.40. The van der Waals surface area contributed by atoms with Crippen LogP contribution in [0.4, 0.5) is 0 Å². The van der Waals surface area contributed by atoms with Gasteiger partial charge in [0, 0.05) is 44.3 Å². The van der Waals surface area contributed by atoms with Crippen LogP contribution in [-0.4, -0.2) is 54.1 Å². The first-order chi connectivity index (χ1) is 8.10. The highest BCUT2D eigenvalue weighted by atomic mass is 15.3. The summed E-state index contributed by atoms with van der Waals surface area (Å²) in [6.45, 7) is 12.7. The molecule has 0 aromatic heterocycles. The van der Waals surface area contributed by atoms with Crippen LogP contribution in [0.25, 0.3) is 0 Å². The molecule has 2 unspecified atom stereocenters. The lowest BCUT2D eigenvalue weighted by atomic mass is 9.85. The predicted molar refractivity (Wildman–Crippen MR) is 73.1 cm³/mol. The normalized spacial score (nSPS) is 36.9. The molecular formula is C14H29N3. The van der Waals surface area contributed by atoms with Crippen LogP contribution in [0.3, 0.4) is 0 Å². The maximum Gasteiger partial charge on any atom is 0.0358 e. The number of nitrogens with zero attached hydrogens (tertiary/aromatic N) is 2. The number of nitrogens with two attached hydrogens (primary N) is 1. The Bertz CT molecular complexity index is 246. The van der Waals surface area contributed by atoms with Gasteiger partial charge in [-0.2, -0.15) is 0 Å². The average Bonchev–Trinajstić information content (AvgIpc) is 2.71. The fourth-order valence-electron chi connectivity index (χ4n) is 3.82. The van der Waals surface area contributed by atoms with Crippen molar-refractivity contribution in [2.75, 3.05) is 32.7 Å². The van der Waals surface area contributed by atoms with Crippen LogP contribution in [0.1, 0.15) is 40.0 Å². The molecule has 1 saturated heterocycles. The molecule has 2 N–H and O–H groups in total. The Morgan fingerprint density at radius 1 is 1.24 bits per heavy atom.